The molecule has 0 saturated carbocycles. The second kappa shape index (κ2) is 5.44. The van der Waals surface area contributed by atoms with Crippen LogP contribution in [0.3, 0.4) is 0 Å². The molecular formula is C14H15ClN2O4. The summed E-state index contributed by atoms with van der Waals surface area (Å²) in [7, 11) is 0. The van der Waals surface area contributed by atoms with E-state index >= 15 is 0 Å². The highest BCUT2D eigenvalue weighted by molar-refractivity contribution is 6.44. The minimum Gasteiger partial charge on any atom is -0.455 e. The lowest BCUT2D eigenvalue weighted by Gasteiger charge is -2.22. The second-order valence-corrected chi connectivity index (χ2v) is 6.11. The summed E-state index contributed by atoms with van der Waals surface area (Å²) >= 11 is 5.91. The molecule has 1 aliphatic rings. The molecule has 1 heterocycles. The Hall–Kier alpha value is -1.95. The van der Waals surface area contributed by atoms with E-state index in [2.05, 4.69) is 4.99 Å². The predicted molar refractivity (Wildman–Crippen MR) is 79.1 cm³/mol. The van der Waals surface area contributed by atoms with Gasteiger partial charge in [-0.25, -0.2) is 4.79 Å². The SMILES string of the molecule is CC(C)(C)OC(=O)C1=NCCc2cc([N+](=O)[O-])c(Cl)cc21. The van der Waals surface area contributed by atoms with E-state index in [4.69, 9.17) is 16.3 Å². The molecule has 0 N–H and O–H groups in total. The first-order valence-corrected chi connectivity index (χ1v) is 6.82. The van der Waals surface area contributed by atoms with Crippen LogP contribution >= 0.6 is 11.6 Å². The molecule has 0 fully saturated rings. The number of ether oxygens (including phenoxy) is 1. The standard InChI is InChI=1S/C14H15ClN2O4/c1-14(2,3)21-13(18)12-9-7-10(15)11(17(19)20)6-8(9)4-5-16-12/h6-7H,4-5H2,1-3H3. The maximum Gasteiger partial charge on any atom is 0.357 e. The Morgan fingerprint density at radius 3 is 2.67 bits per heavy atom. The molecule has 0 amide bonds. The van der Waals surface area contributed by atoms with Gasteiger partial charge in [-0.15, -0.1) is 0 Å². The van der Waals surface area contributed by atoms with Crippen molar-refractivity contribution in [2.24, 2.45) is 4.99 Å². The van der Waals surface area contributed by atoms with Crippen molar-refractivity contribution in [3.8, 4) is 0 Å². The van der Waals surface area contributed by atoms with Crippen LogP contribution in [-0.4, -0.2) is 28.8 Å². The molecule has 1 aromatic carbocycles. The Bertz CT molecular complexity index is 647. The molecule has 2 rings (SSSR count). The average Bonchev–Trinajstić information content (AvgIpc) is 2.34. The molecule has 0 bridgehead atoms. The number of carbonyl (C=O) groups is 1. The summed E-state index contributed by atoms with van der Waals surface area (Å²) in [5.74, 6) is -0.548. The van der Waals surface area contributed by atoms with Crippen molar-refractivity contribution in [3.63, 3.8) is 0 Å². The van der Waals surface area contributed by atoms with Crippen LogP contribution in [0, 0.1) is 10.1 Å². The smallest absolute Gasteiger partial charge is 0.357 e. The molecular weight excluding hydrogens is 296 g/mol. The van der Waals surface area contributed by atoms with Crippen LogP contribution in [0.15, 0.2) is 17.1 Å². The number of hydrogen-bond donors (Lipinski definition) is 0. The Balaban J connectivity index is 2.43. The molecule has 0 saturated heterocycles. The summed E-state index contributed by atoms with van der Waals surface area (Å²) in [6, 6.07) is 2.81. The van der Waals surface area contributed by atoms with Gasteiger partial charge in [0.2, 0.25) is 0 Å². The number of benzene rings is 1. The summed E-state index contributed by atoms with van der Waals surface area (Å²) in [6.07, 6.45) is 0.527. The summed E-state index contributed by atoms with van der Waals surface area (Å²) < 4.78 is 5.30. The normalized spacial score (nSPS) is 14.2. The molecule has 21 heavy (non-hydrogen) atoms. The van der Waals surface area contributed by atoms with Crippen molar-refractivity contribution >= 4 is 29.0 Å². The molecule has 0 aromatic heterocycles. The van der Waals surface area contributed by atoms with E-state index < -0.39 is 16.5 Å². The van der Waals surface area contributed by atoms with Crippen molar-refractivity contribution < 1.29 is 14.5 Å². The first-order valence-electron chi connectivity index (χ1n) is 6.44. The minimum atomic E-state index is -0.637. The molecule has 0 spiro atoms. The van der Waals surface area contributed by atoms with E-state index in [-0.39, 0.29) is 16.4 Å². The minimum absolute atomic E-state index is 0.0168. The van der Waals surface area contributed by atoms with Gasteiger partial charge in [0, 0.05) is 18.2 Å². The lowest BCUT2D eigenvalue weighted by atomic mass is 9.96. The molecule has 1 aromatic rings. The van der Waals surface area contributed by atoms with Crippen LogP contribution in [0.2, 0.25) is 5.02 Å². The van der Waals surface area contributed by atoms with Crippen LogP contribution in [0.25, 0.3) is 0 Å². The average molecular weight is 311 g/mol. The zero-order chi connectivity index (χ0) is 15.8. The number of carbonyl (C=O) groups excluding carboxylic acids is 1. The first kappa shape index (κ1) is 15.4. The van der Waals surface area contributed by atoms with Gasteiger partial charge in [-0.3, -0.25) is 15.1 Å². The molecule has 6 nitrogen and oxygen atoms in total. The number of aliphatic imine (C=N–C) groups is 1. The van der Waals surface area contributed by atoms with E-state index in [9.17, 15) is 14.9 Å². The van der Waals surface area contributed by atoms with Gasteiger partial charge in [-0.2, -0.15) is 0 Å². The van der Waals surface area contributed by atoms with Crippen LogP contribution in [0.1, 0.15) is 31.9 Å². The summed E-state index contributed by atoms with van der Waals surface area (Å²) in [4.78, 5) is 26.7. The van der Waals surface area contributed by atoms with E-state index in [0.29, 0.717) is 24.1 Å². The molecule has 112 valence electrons. The summed E-state index contributed by atoms with van der Waals surface area (Å²) in [5.41, 5.74) is 0.554. The van der Waals surface area contributed by atoms with Crippen LogP contribution in [0.4, 0.5) is 5.69 Å². The van der Waals surface area contributed by atoms with Crippen LogP contribution in [0.5, 0.6) is 0 Å². The first-order chi connectivity index (χ1) is 9.69. The van der Waals surface area contributed by atoms with Crippen molar-refractivity contribution in [2.45, 2.75) is 32.8 Å². The Morgan fingerprint density at radius 1 is 1.43 bits per heavy atom. The lowest BCUT2D eigenvalue weighted by Crippen LogP contribution is -2.31. The third-order valence-electron chi connectivity index (χ3n) is 2.87. The van der Waals surface area contributed by atoms with Crippen molar-refractivity contribution in [1.82, 2.24) is 0 Å². The third-order valence-corrected chi connectivity index (χ3v) is 3.17. The summed E-state index contributed by atoms with van der Waals surface area (Å²) in [5, 5.41) is 10.9. The lowest BCUT2D eigenvalue weighted by molar-refractivity contribution is -0.384. The monoisotopic (exact) mass is 310 g/mol. The number of hydrogen-bond acceptors (Lipinski definition) is 5. The molecule has 0 atom stereocenters. The van der Waals surface area contributed by atoms with Crippen LogP contribution in [-0.2, 0) is 16.0 Å². The zero-order valence-electron chi connectivity index (χ0n) is 12.0. The van der Waals surface area contributed by atoms with Crippen LogP contribution < -0.4 is 0 Å². The second-order valence-electron chi connectivity index (χ2n) is 5.70. The quantitative estimate of drug-likeness (QED) is 0.478. The molecule has 1 aliphatic heterocycles. The Kier molecular flexibility index (Phi) is 4.00. The molecule has 7 heteroatoms. The predicted octanol–water partition coefficient (Wildman–Crippen LogP) is 2.94. The number of halogens is 1. The van der Waals surface area contributed by atoms with Gasteiger partial charge >= 0.3 is 5.97 Å². The highest BCUT2D eigenvalue weighted by Crippen LogP contribution is 2.30. The number of nitro benzene ring substituents is 1. The Morgan fingerprint density at radius 2 is 2.10 bits per heavy atom. The fourth-order valence-electron chi connectivity index (χ4n) is 2.05. The highest BCUT2D eigenvalue weighted by atomic mass is 35.5. The van der Waals surface area contributed by atoms with Gasteiger partial charge in [0.25, 0.3) is 5.69 Å². The van der Waals surface area contributed by atoms with Gasteiger partial charge in [0.1, 0.15) is 10.6 Å². The number of fused-ring (bicyclic) bond motifs is 1. The number of nitro groups is 1. The summed E-state index contributed by atoms with van der Waals surface area (Å²) in [6.45, 7) is 5.67. The fourth-order valence-corrected chi connectivity index (χ4v) is 2.28. The Labute approximate surface area is 126 Å². The molecule has 0 unspecified atom stereocenters. The topological polar surface area (TPSA) is 81.8 Å². The number of nitrogens with zero attached hydrogens (tertiary/aromatic N) is 2. The van der Waals surface area contributed by atoms with Gasteiger partial charge in [0.15, 0.2) is 5.71 Å². The van der Waals surface area contributed by atoms with Gasteiger partial charge in [-0.05, 0) is 38.8 Å². The van der Waals surface area contributed by atoms with Gasteiger partial charge < -0.3 is 4.74 Å². The van der Waals surface area contributed by atoms with Crippen molar-refractivity contribution in [3.05, 3.63) is 38.4 Å². The van der Waals surface area contributed by atoms with E-state index in [1.54, 1.807) is 20.8 Å². The fraction of sp³-hybridized carbons (Fsp3) is 0.429. The third kappa shape index (κ3) is 3.39. The van der Waals surface area contributed by atoms with Gasteiger partial charge in [0.05, 0.1) is 4.92 Å². The number of esters is 1. The van der Waals surface area contributed by atoms with E-state index in [0.717, 1.165) is 0 Å². The van der Waals surface area contributed by atoms with Crippen molar-refractivity contribution in [2.75, 3.05) is 6.54 Å². The zero-order valence-corrected chi connectivity index (χ0v) is 12.7. The van der Waals surface area contributed by atoms with E-state index in [1.807, 2.05) is 0 Å². The molecule has 0 aliphatic carbocycles. The largest absolute Gasteiger partial charge is 0.455 e. The number of rotatable bonds is 2. The highest BCUT2D eigenvalue weighted by Gasteiger charge is 2.28. The molecule has 0 radical (unpaired) electrons. The van der Waals surface area contributed by atoms with Gasteiger partial charge in [-0.1, -0.05) is 11.6 Å². The van der Waals surface area contributed by atoms with Crippen molar-refractivity contribution in [1.29, 1.82) is 0 Å². The maximum absolute atomic E-state index is 12.2. The maximum atomic E-state index is 12.2. The van der Waals surface area contributed by atoms with E-state index in [1.165, 1.54) is 12.1 Å².